The highest BCUT2D eigenvalue weighted by Crippen LogP contribution is 2.14. The fraction of sp³-hybridized carbons (Fsp3) is 0.600. The van der Waals surface area contributed by atoms with Crippen molar-refractivity contribution >= 4 is 23.3 Å². The Kier molecular flexibility index (Phi) is 6.83. The summed E-state index contributed by atoms with van der Waals surface area (Å²) in [5, 5.41) is 4.99. The highest BCUT2D eigenvalue weighted by molar-refractivity contribution is 7.10. The number of carbonyl (C=O) groups is 2. The van der Waals surface area contributed by atoms with Gasteiger partial charge in [-0.25, -0.2) is 4.79 Å². The van der Waals surface area contributed by atoms with Crippen molar-refractivity contribution < 1.29 is 14.3 Å². The van der Waals surface area contributed by atoms with Gasteiger partial charge in [-0.2, -0.15) is 0 Å². The molecule has 22 heavy (non-hydrogen) atoms. The molecule has 0 aliphatic carbocycles. The van der Waals surface area contributed by atoms with Gasteiger partial charge in [-0.15, -0.1) is 11.3 Å². The van der Waals surface area contributed by atoms with Crippen LogP contribution in [0.25, 0.3) is 0 Å². The maximum absolute atomic E-state index is 12.0. The van der Waals surface area contributed by atoms with Crippen molar-refractivity contribution in [1.82, 2.24) is 10.2 Å². The zero-order valence-electron chi connectivity index (χ0n) is 13.6. The summed E-state index contributed by atoms with van der Waals surface area (Å²) < 4.78 is 5.35. The lowest BCUT2D eigenvalue weighted by Crippen LogP contribution is -2.40. The number of nitrogens with two attached hydrogens (primary N) is 1. The van der Waals surface area contributed by atoms with E-state index in [0.29, 0.717) is 31.7 Å². The van der Waals surface area contributed by atoms with Crippen molar-refractivity contribution in [3.8, 4) is 0 Å². The lowest BCUT2D eigenvalue weighted by Gasteiger charge is -2.26. The largest absolute Gasteiger partial charge is 0.444 e. The van der Waals surface area contributed by atoms with Crippen LogP contribution < -0.4 is 11.1 Å². The summed E-state index contributed by atoms with van der Waals surface area (Å²) >= 11 is 1.49. The van der Waals surface area contributed by atoms with E-state index >= 15 is 0 Å². The molecule has 1 aromatic heterocycles. The number of primary amides is 1. The Hall–Kier alpha value is -1.60. The van der Waals surface area contributed by atoms with Gasteiger partial charge in [0, 0.05) is 36.4 Å². The second-order valence-corrected chi connectivity index (χ2v) is 6.90. The predicted molar refractivity (Wildman–Crippen MR) is 88.0 cm³/mol. The van der Waals surface area contributed by atoms with Gasteiger partial charge in [-0.05, 0) is 33.8 Å². The summed E-state index contributed by atoms with van der Waals surface area (Å²) in [7, 11) is 0. The van der Waals surface area contributed by atoms with Crippen molar-refractivity contribution in [2.45, 2.75) is 39.8 Å². The molecule has 0 aliphatic heterocycles. The molecule has 0 radical (unpaired) electrons. The molecule has 7 heteroatoms. The highest BCUT2D eigenvalue weighted by atomic mass is 32.1. The Labute approximate surface area is 135 Å². The molecule has 0 aromatic carbocycles. The first-order valence-corrected chi connectivity index (χ1v) is 8.16. The van der Waals surface area contributed by atoms with Crippen molar-refractivity contribution in [2.24, 2.45) is 5.73 Å². The second-order valence-electron chi connectivity index (χ2n) is 5.90. The topological polar surface area (TPSA) is 84.7 Å². The summed E-state index contributed by atoms with van der Waals surface area (Å²) in [5.74, 6) is -0.412. The Bertz CT molecular complexity index is 508. The van der Waals surface area contributed by atoms with E-state index in [1.54, 1.807) is 16.3 Å². The molecule has 0 fully saturated rings. The van der Waals surface area contributed by atoms with E-state index in [0.717, 1.165) is 4.88 Å². The van der Waals surface area contributed by atoms with Gasteiger partial charge < -0.3 is 20.7 Å². The SMILES string of the molecule is CCN(CCNCc1cc(C(N)=O)cs1)C(=O)OC(C)(C)C. The normalized spacial score (nSPS) is 11.3. The molecule has 0 unspecified atom stereocenters. The zero-order chi connectivity index (χ0) is 16.8. The fourth-order valence-corrected chi connectivity index (χ4v) is 2.58. The molecular weight excluding hydrogens is 302 g/mol. The van der Waals surface area contributed by atoms with Gasteiger partial charge in [0.05, 0.1) is 5.56 Å². The first-order valence-electron chi connectivity index (χ1n) is 7.28. The summed E-state index contributed by atoms with van der Waals surface area (Å²) in [5.41, 5.74) is 5.26. The minimum atomic E-state index is -0.486. The number of likely N-dealkylation sites (N-methyl/N-ethyl adjacent to an activating group) is 1. The number of carbonyl (C=O) groups excluding carboxylic acids is 2. The first-order chi connectivity index (χ1) is 10.2. The van der Waals surface area contributed by atoms with E-state index in [-0.39, 0.29) is 6.09 Å². The monoisotopic (exact) mass is 327 g/mol. The molecule has 6 nitrogen and oxygen atoms in total. The van der Waals surface area contributed by atoms with Gasteiger partial charge >= 0.3 is 6.09 Å². The van der Waals surface area contributed by atoms with Crippen molar-refractivity contribution in [1.29, 1.82) is 0 Å². The lowest BCUT2D eigenvalue weighted by atomic mass is 10.2. The number of thiophene rings is 1. The van der Waals surface area contributed by atoms with Crippen molar-refractivity contribution in [3.05, 3.63) is 21.9 Å². The van der Waals surface area contributed by atoms with Crippen LogP contribution in [-0.2, 0) is 11.3 Å². The Morgan fingerprint density at radius 2 is 2.09 bits per heavy atom. The number of nitrogens with one attached hydrogen (secondary N) is 1. The average Bonchev–Trinajstić information content (AvgIpc) is 2.85. The number of amides is 2. The number of nitrogens with zero attached hydrogens (tertiary/aromatic N) is 1. The minimum Gasteiger partial charge on any atom is -0.444 e. The van der Waals surface area contributed by atoms with Gasteiger partial charge in [0.15, 0.2) is 0 Å². The van der Waals surface area contributed by atoms with Gasteiger partial charge in [0.25, 0.3) is 0 Å². The van der Waals surface area contributed by atoms with Crippen LogP contribution in [0.1, 0.15) is 42.9 Å². The van der Waals surface area contributed by atoms with Gasteiger partial charge in [0.2, 0.25) is 5.91 Å². The number of hydrogen-bond donors (Lipinski definition) is 2. The first kappa shape index (κ1) is 18.4. The highest BCUT2D eigenvalue weighted by Gasteiger charge is 2.20. The third-order valence-corrected chi connectivity index (χ3v) is 3.77. The van der Waals surface area contributed by atoms with Crippen molar-refractivity contribution in [2.75, 3.05) is 19.6 Å². The van der Waals surface area contributed by atoms with E-state index in [1.165, 1.54) is 11.3 Å². The van der Waals surface area contributed by atoms with E-state index in [2.05, 4.69) is 5.32 Å². The Morgan fingerprint density at radius 3 is 2.59 bits per heavy atom. The molecule has 2 amide bonds. The molecular formula is C15H25N3O3S. The minimum absolute atomic E-state index is 0.302. The van der Waals surface area contributed by atoms with E-state index in [4.69, 9.17) is 10.5 Å². The lowest BCUT2D eigenvalue weighted by molar-refractivity contribution is 0.0262. The van der Waals surface area contributed by atoms with Gasteiger partial charge in [-0.3, -0.25) is 4.79 Å². The van der Waals surface area contributed by atoms with Crippen LogP contribution >= 0.6 is 11.3 Å². The summed E-state index contributed by atoms with van der Waals surface area (Å²) in [6.07, 6.45) is -0.302. The molecule has 0 aliphatic rings. The molecule has 0 spiro atoms. The molecule has 0 bridgehead atoms. The molecule has 3 N–H and O–H groups in total. The fourth-order valence-electron chi connectivity index (χ4n) is 1.73. The van der Waals surface area contributed by atoms with Gasteiger partial charge in [-0.1, -0.05) is 0 Å². The predicted octanol–water partition coefficient (Wildman–Crippen LogP) is 2.19. The molecule has 0 saturated carbocycles. The van der Waals surface area contributed by atoms with Gasteiger partial charge in [0.1, 0.15) is 5.60 Å². The van der Waals surface area contributed by atoms with Crippen molar-refractivity contribution in [3.63, 3.8) is 0 Å². The zero-order valence-corrected chi connectivity index (χ0v) is 14.5. The molecule has 124 valence electrons. The van der Waals surface area contributed by atoms with Crippen LogP contribution in [0.15, 0.2) is 11.4 Å². The molecule has 0 atom stereocenters. The van der Waals surface area contributed by atoms with Crippen LogP contribution in [0.2, 0.25) is 0 Å². The quantitative estimate of drug-likeness (QED) is 0.752. The second kappa shape index (κ2) is 8.14. The maximum Gasteiger partial charge on any atom is 0.410 e. The third-order valence-electron chi connectivity index (χ3n) is 2.83. The summed E-state index contributed by atoms with van der Waals surface area (Å²) in [6, 6.07) is 1.78. The molecule has 0 saturated heterocycles. The third kappa shape index (κ3) is 6.44. The smallest absolute Gasteiger partial charge is 0.410 e. The van der Waals surface area contributed by atoms with Crippen LogP contribution in [0.3, 0.4) is 0 Å². The summed E-state index contributed by atoms with van der Waals surface area (Å²) in [4.78, 5) is 25.7. The van der Waals surface area contributed by atoms with E-state index in [1.807, 2.05) is 27.7 Å². The maximum atomic E-state index is 12.0. The average molecular weight is 327 g/mol. The van der Waals surface area contributed by atoms with E-state index in [9.17, 15) is 9.59 Å². The van der Waals surface area contributed by atoms with Crippen LogP contribution in [0.4, 0.5) is 4.79 Å². The Balaban J connectivity index is 2.34. The van der Waals surface area contributed by atoms with E-state index < -0.39 is 11.5 Å². The Morgan fingerprint density at radius 1 is 1.41 bits per heavy atom. The summed E-state index contributed by atoms with van der Waals surface area (Å²) in [6.45, 7) is 9.93. The number of hydrogen-bond acceptors (Lipinski definition) is 5. The molecule has 1 heterocycles. The van der Waals surface area contributed by atoms with Crippen LogP contribution in [-0.4, -0.2) is 42.1 Å². The molecule has 1 rings (SSSR count). The molecule has 1 aromatic rings. The van der Waals surface area contributed by atoms with Crippen LogP contribution in [0.5, 0.6) is 0 Å². The van der Waals surface area contributed by atoms with Crippen LogP contribution in [0, 0.1) is 0 Å². The number of ether oxygens (including phenoxy) is 1. The standard InChI is InChI=1S/C15H25N3O3S/c1-5-18(14(20)21-15(2,3)4)7-6-17-9-12-8-11(10-22-12)13(16)19/h8,10,17H,5-7,9H2,1-4H3,(H2,16,19). The number of rotatable bonds is 7.